The predicted molar refractivity (Wildman–Crippen MR) is 75.4 cm³/mol. The van der Waals surface area contributed by atoms with E-state index in [4.69, 9.17) is 5.84 Å². The molecule has 0 aliphatic heterocycles. The van der Waals surface area contributed by atoms with Crippen molar-refractivity contribution in [3.05, 3.63) is 29.3 Å². The fourth-order valence-corrected chi connectivity index (χ4v) is 1.96. The Labute approximate surface area is 109 Å². The summed E-state index contributed by atoms with van der Waals surface area (Å²) in [5, 5.41) is 3.05. The van der Waals surface area contributed by atoms with E-state index in [0.29, 0.717) is 11.3 Å². The molecule has 4 N–H and O–H groups in total. The van der Waals surface area contributed by atoms with E-state index in [1.165, 1.54) is 0 Å². The first kappa shape index (κ1) is 14.5. The monoisotopic (exact) mass is 249 g/mol. The van der Waals surface area contributed by atoms with Crippen LogP contribution in [0, 0.1) is 6.92 Å². The average molecular weight is 249 g/mol. The fraction of sp³-hybridized carbons (Fsp3) is 0.500. The minimum Gasteiger partial charge on any atom is -0.349 e. The number of rotatable bonds is 6. The van der Waals surface area contributed by atoms with Crippen LogP contribution in [0.4, 0.5) is 5.69 Å². The zero-order valence-electron chi connectivity index (χ0n) is 11.4. The van der Waals surface area contributed by atoms with Crippen molar-refractivity contribution < 1.29 is 4.79 Å². The van der Waals surface area contributed by atoms with Crippen molar-refractivity contribution in [1.29, 1.82) is 0 Å². The van der Waals surface area contributed by atoms with Crippen LogP contribution in [0.2, 0.25) is 0 Å². The quantitative estimate of drug-likeness (QED) is 0.536. The van der Waals surface area contributed by atoms with Gasteiger partial charge in [0.15, 0.2) is 0 Å². The summed E-state index contributed by atoms with van der Waals surface area (Å²) in [5.41, 5.74) is 4.87. The van der Waals surface area contributed by atoms with Gasteiger partial charge in [0.2, 0.25) is 0 Å². The molecule has 1 atom stereocenters. The summed E-state index contributed by atoms with van der Waals surface area (Å²) in [7, 11) is 0. The molecule has 0 heterocycles. The maximum atomic E-state index is 12.2. The fourth-order valence-electron chi connectivity index (χ4n) is 1.96. The summed E-state index contributed by atoms with van der Waals surface area (Å²) < 4.78 is 0. The molecule has 0 fully saturated rings. The highest BCUT2D eigenvalue weighted by atomic mass is 16.1. The highest BCUT2D eigenvalue weighted by Crippen LogP contribution is 2.16. The van der Waals surface area contributed by atoms with E-state index in [2.05, 4.69) is 24.6 Å². The topological polar surface area (TPSA) is 67.2 Å². The molecular weight excluding hydrogens is 226 g/mol. The number of nitrogens with two attached hydrogens (primary N) is 1. The van der Waals surface area contributed by atoms with Crippen LogP contribution in [-0.2, 0) is 0 Å². The first-order chi connectivity index (χ1) is 8.62. The molecule has 4 heteroatoms. The zero-order valence-corrected chi connectivity index (χ0v) is 11.4. The molecule has 0 spiro atoms. The van der Waals surface area contributed by atoms with E-state index in [1.807, 2.05) is 25.1 Å². The standard InChI is InChI=1S/C14H23N3O/c1-4-6-11(5-2)16-14(18)12-9-10(3)7-8-13(12)17-15/h7-9,11,17H,4-6,15H2,1-3H3,(H,16,18). The summed E-state index contributed by atoms with van der Waals surface area (Å²) in [4.78, 5) is 12.2. The van der Waals surface area contributed by atoms with E-state index in [9.17, 15) is 4.79 Å². The van der Waals surface area contributed by atoms with Gasteiger partial charge >= 0.3 is 0 Å². The molecule has 4 nitrogen and oxygen atoms in total. The van der Waals surface area contributed by atoms with Gasteiger partial charge in [-0.1, -0.05) is 31.9 Å². The van der Waals surface area contributed by atoms with E-state index in [-0.39, 0.29) is 11.9 Å². The summed E-state index contributed by atoms with van der Waals surface area (Å²) in [6.45, 7) is 6.16. The second-order valence-corrected chi connectivity index (χ2v) is 4.56. The van der Waals surface area contributed by atoms with Gasteiger partial charge in [-0.25, -0.2) is 0 Å². The number of benzene rings is 1. The lowest BCUT2D eigenvalue weighted by atomic mass is 10.1. The van der Waals surface area contributed by atoms with Crippen LogP contribution in [0.25, 0.3) is 0 Å². The van der Waals surface area contributed by atoms with Gasteiger partial charge in [-0.15, -0.1) is 0 Å². The van der Waals surface area contributed by atoms with Crippen LogP contribution >= 0.6 is 0 Å². The van der Waals surface area contributed by atoms with E-state index < -0.39 is 0 Å². The Balaban J connectivity index is 2.85. The molecule has 0 saturated heterocycles. The van der Waals surface area contributed by atoms with E-state index in [1.54, 1.807) is 0 Å². The Kier molecular flexibility index (Phi) is 5.65. The molecule has 0 aromatic heterocycles. The lowest BCUT2D eigenvalue weighted by Gasteiger charge is -2.17. The summed E-state index contributed by atoms with van der Waals surface area (Å²) in [5.74, 6) is 5.37. The van der Waals surface area contributed by atoms with Gasteiger partial charge in [0.25, 0.3) is 5.91 Å². The molecule has 1 unspecified atom stereocenters. The second-order valence-electron chi connectivity index (χ2n) is 4.56. The number of nitrogens with one attached hydrogen (secondary N) is 2. The summed E-state index contributed by atoms with van der Waals surface area (Å²) in [6.07, 6.45) is 3.00. The molecule has 0 bridgehead atoms. The Morgan fingerprint density at radius 1 is 1.39 bits per heavy atom. The minimum absolute atomic E-state index is 0.0630. The largest absolute Gasteiger partial charge is 0.349 e. The number of hydrogen-bond acceptors (Lipinski definition) is 3. The zero-order chi connectivity index (χ0) is 13.5. The highest BCUT2D eigenvalue weighted by Gasteiger charge is 2.14. The highest BCUT2D eigenvalue weighted by molar-refractivity contribution is 5.99. The van der Waals surface area contributed by atoms with Gasteiger partial charge in [0.05, 0.1) is 11.3 Å². The number of anilines is 1. The predicted octanol–water partition coefficient (Wildman–Crippen LogP) is 2.59. The molecule has 1 rings (SSSR count). The maximum Gasteiger partial charge on any atom is 0.253 e. The van der Waals surface area contributed by atoms with Crippen molar-refractivity contribution in [3.63, 3.8) is 0 Å². The van der Waals surface area contributed by atoms with Gasteiger partial charge in [0, 0.05) is 6.04 Å². The molecule has 100 valence electrons. The van der Waals surface area contributed by atoms with Gasteiger partial charge in [0.1, 0.15) is 0 Å². The van der Waals surface area contributed by atoms with Crippen molar-refractivity contribution in [1.82, 2.24) is 5.32 Å². The summed E-state index contributed by atoms with van der Waals surface area (Å²) >= 11 is 0. The van der Waals surface area contributed by atoms with E-state index >= 15 is 0 Å². The van der Waals surface area contributed by atoms with Crippen LogP contribution in [0.5, 0.6) is 0 Å². The molecule has 0 saturated carbocycles. The second kappa shape index (κ2) is 7.01. The number of aryl methyl sites for hydroxylation is 1. The molecule has 0 radical (unpaired) electrons. The van der Waals surface area contributed by atoms with Crippen molar-refractivity contribution in [3.8, 4) is 0 Å². The molecule has 1 amide bonds. The average Bonchev–Trinajstić information content (AvgIpc) is 2.38. The van der Waals surface area contributed by atoms with Crippen molar-refractivity contribution in [2.24, 2.45) is 5.84 Å². The smallest absolute Gasteiger partial charge is 0.253 e. The molecule has 0 aliphatic carbocycles. The SMILES string of the molecule is CCCC(CC)NC(=O)c1cc(C)ccc1NN. The van der Waals surface area contributed by atoms with Gasteiger partial charge < -0.3 is 10.7 Å². The number of nitrogen functional groups attached to an aromatic ring is 1. The van der Waals surface area contributed by atoms with Crippen LogP contribution in [0.1, 0.15) is 49.0 Å². The first-order valence-electron chi connectivity index (χ1n) is 6.50. The maximum absolute atomic E-state index is 12.2. The number of hydrazine groups is 1. The van der Waals surface area contributed by atoms with Gasteiger partial charge in [-0.3, -0.25) is 10.6 Å². The van der Waals surface area contributed by atoms with Crippen LogP contribution in [-0.4, -0.2) is 11.9 Å². The van der Waals surface area contributed by atoms with Crippen LogP contribution in [0.15, 0.2) is 18.2 Å². The molecule has 0 aliphatic rings. The Bertz CT molecular complexity index is 404. The molecule has 1 aromatic rings. The third-order valence-electron chi connectivity index (χ3n) is 3.04. The van der Waals surface area contributed by atoms with Crippen molar-refractivity contribution >= 4 is 11.6 Å². The van der Waals surface area contributed by atoms with Gasteiger partial charge in [-0.2, -0.15) is 0 Å². The van der Waals surface area contributed by atoms with E-state index in [0.717, 1.165) is 24.8 Å². The number of hydrogen-bond donors (Lipinski definition) is 3. The molecule has 1 aromatic carbocycles. The molecular formula is C14H23N3O. The third-order valence-corrected chi connectivity index (χ3v) is 3.04. The molecule has 18 heavy (non-hydrogen) atoms. The van der Waals surface area contributed by atoms with Crippen molar-refractivity contribution in [2.75, 3.05) is 5.43 Å². The Hall–Kier alpha value is -1.55. The summed E-state index contributed by atoms with van der Waals surface area (Å²) in [6, 6.07) is 5.83. The van der Waals surface area contributed by atoms with Gasteiger partial charge in [-0.05, 0) is 31.9 Å². The number of carbonyl (C=O) groups excluding carboxylic acids is 1. The lowest BCUT2D eigenvalue weighted by molar-refractivity contribution is 0.0934. The minimum atomic E-state index is -0.0630. The van der Waals surface area contributed by atoms with Crippen molar-refractivity contribution in [2.45, 2.75) is 46.1 Å². The Morgan fingerprint density at radius 2 is 2.11 bits per heavy atom. The first-order valence-corrected chi connectivity index (χ1v) is 6.50. The normalized spacial score (nSPS) is 12.0. The number of carbonyl (C=O) groups is 1. The van der Waals surface area contributed by atoms with Crippen LogP contribution in [0.3, 0.4) is 0 Å². The third kappa shape index (κ3) is 3.74. The van der Waals surface area contributed by atoms with Crippen LogP contribution < -0.4 is 16.6 Å². The lowest BCUT2D eigenvalue weighted by Crippen LogP contribution is -2.34. The number of amides is 1. The Morgan fingerprint density at radius 3 is 2.67 bits per heavy atom.